The van der Waals surface area contributed by atoms with Gasteiger partial charge in [-0.25, -0.2) is 17.5 Å². The lowest BCUT2D eigenvalue weighted by molar-refractivity contribution is 0.102. The number of nitrogen functional groups attached to an aromatic ring is 1. The Labute approximate surface area is 221 Å². The van der Waals surface area contributed by atoms with E-state index in [1.165, 1.54) is 18.9 Å². The number of carbonyl (C=O) groups excluding carboxylic acids is 2. The minimum atomic E-state index is -4.13. The molecule has 198 valence electrons. The number of hydrogen-bond acceptors (Lipinski definition) is 7. The summed E-state index contributed by atoms with van der Waals surface area (Å²) in [5.41, 5.74) is 7.94. The fourth-order valence-electron chi connectivity index (χ4n) is 4.50. The lowest BCUT2D eigenvalue weighted by atomic mass is 10.1. The monoisotopic (exact) mass is 535 g/mol. The molecule has 0 spiro atoms. The standard InChI is InChI=1S/C27H29N5O5S/c28-22-5-1-2-6-23(22)29-26(33)20-9-7-19(8-10-20)18-32-27(34)30-24-12-11-21(17-25(24)38(32,35)36)37-16-15-31-13-3-4-14-31/h1-2,5-12,17H,3-4,13-16,18,28H2,(H,29,33)(H,30,34). The third-order valence-corrected chi connectivity index (χ3v) is 8.38. The summed E-state index contributed by atoms with van der Waals surface area (Å²) in [6.07, 6.45) is 2.37. The van der Waals surface area contributed by atoms with Gasteiger partial charge in [0.25, 0.3) is 15.9 Å². The maximum Gasteiger partial charge on any atom is 0.336 e. The van der Waals surface area contributed by atoms with Crippen molar-refractivity contribution >= 4 is 39.0 Å². The molecule has 0 aromatic heterocycles. The van der Waals surface area contributed by atoms with Gasteiger partial charge in [-0.05, 0) is 67.9 Å². The first-order chi connectivity index (χ1) is 18.3. The average molecular weight is 536 g/mol. The molecule has 2 aliphatic heterocycles. The molecule has 10 nitrogen and oxygen atoms in total. The van der Waals surface area contributed by atoms with Crippen LogP contribution in [0.4, 0.5) is 21.9 Å². The zero-order valence-electron chi connectivity index (χ0n) is 20.7. The molecule has 0 unspecified atom stereocenters. The molecule has 0 saturated carbocycles. The van der Waals surface area contributed by atoms with Crippen LogP contribution in [0.5, 0.6) is 5.75 Å². The van der Waals surface area contributed by atoms with E-state index >= 15 is 0 Å². The zero-order chi connectivity index (χ0) is 26.7. The normalized spacial score (nSPS) is 16.5. The van der Waals surface area contributed by atoms with Gasteiger partial charge in [0.2, 0.25) is 0 Å². The number of nitrogens with zero attached hydrogens (tertiary/aromatic N) is 2. The fourth-order valence-corrected chi connectivity index (χ4v) is 5.99. The number of rotatable bonds is 8. The van der Waals surface area contributed by atoms with Gasteiger partial charge in [0.1, 0.15) is 17.3 Å². The molecular weight excluding hydrogens is 506 g/mol. The maximum absolute atomic E-state index is 13.4. The topological polar surface area (TPSA) is 134 Å². The van der Waals surface area contributed by atoms with E-state index in [1.807, 2.05) is 0 Å². The molecule has 4 N–H and O–H groups in total. The second-order valence-electron chi connectivity index (χ2n) is 9.24. The van der Waals surface area contributed by atoms with Crippen LogP contribution in [-0.4, -0.2) is 55.8 Å². The van der Waals surface area contributed by atoms with Gasteiger partial charge in [0.05, 0.1) is 23.6 Å². The molecule has 2 aliphatic rings. The van der Waals surface area contributed by atoms with E-state index in [-0.39, 0.29) is 23.0 Å². The van der Waals surface area contributed by atoms with Crippen LogP contribution in [0.1, 0.15) is 28.8 Å². The number of sulfonamides is 1. The largest absolute Gasteiger partial charge is 0.492 e. The van der Waals surface area contributed by atoms with Crippen molar-refractivity contribution < 1.29 is 22.7 Å². The maximum atomic E-state index is 13.4. The second kappa shape index (κ2) is 10.7. The second-order valence-corrected chi connectivity index (χ2v) is 11.1. The number of fused-ring (bicyclic) bond motifs is 1. The van der Waals surface area contributed by atoms with Gasteiger partial charge >= 0.3 is 6.03 Å². The highest BCUT2D eigenvalue weighted by Gasteiger charge is 2.37. The van der Waals surface area contributed by atoms with E-state index in [9.17, 15) is 18.0 Å². The van der Waals surface area contributed by atoms with E-state index < -0.39 is 16.1 Å². The number of urea groups is 1. The number of para-hydroxylation sites is 2. The van der Waals surface area contributed by atoms with Crippen LogP contribution >= 0.6 is 0 Å². The predicted octanol–water partition coefficient (Wildman–Crippen LogP) is 3.73. The average Bonchev–Trinajstić information content (AvgIpc) is 3.42. The Morgan fingerprint density at radius 3 is 2.50 bits per heavy atom. The third kappa shape index (κ3) is 5.43. The summed E-state index contributed by atoms with van der Waals surface area (Å²) in [4.78, 5) is 27.6. The van der Waals surface area contributed by atoms with Crippen molar-refractivity contribution in [3.05, 3.63) is 77.9 Å². The molecular formula is C27H29N5O5S. The summed E-state index contributed by atoms with van der Waals surface area (Å²) in [7, 11) is -4.13. The minimum Gasteiger partial charge on any atom is -0.492 e. The Morgan fingerprint density at radius 1 is 1.03 bits per heavy atom. The van der Waals surface area contributed by atoms with Crippen LogP contribution in [-0.2, 0) is 16.6 Å². The molecule has 0 aliphatic carbocycles. The molecule has 11 heteroatoms. The zero-order valence-corrected chi connectivity index (χ0v) is 21.5. The molecule has 3 amide bonds. The van der Waals surface area contributed by atoms with Crippen molar-refractivity contribution in [2.24, 2.45) is 0 Å². The van der Waals surface area contributed by atoms with Crippen LogP contribution in [0.15, 0.2) is 71.6 Å². The number of nitrogens with two attached hydrogens (primary N) is 1. The van der Waals surface area contributed by atoms with Gasteiger partial charge in [-0.15, -0.1) is 0 Å². The molecule has 3 aromatic carbocycles. The van der Waals surface area contributed by atoms with Crippen molar-refractivity contribution in [3.8, 4) is 5.75 Å². The van der Waals surface area contributed by atoms with Gasteiger partial charge in [-0.2, -0.15) is 0 Å². The lowest BCUT2D eigenvalue weighted by Crippen LogP contribution is -2.43. The van der Waals surface area contributed by atoms with E-state index in [4.69, 9.17) is 10.5 Å². The van der Waals surface area contributed by atoms with E-state index in [1.54, 1.807) is 60.7 Å². The first-order valence-corrected chi connectivity index (χ1v) is 13.8. The SMILES string of the molecule is Nc1ccccc1NC(=O)c1ccc(CN2C(=O)Nc3ccc(OCCN4CCCC4)cc3S2(=O)=O)cc1. The van der Waals surface area contributed by atoms with Crippen LogP contribution in [0.3, 0.4) is 0 Å². The van der Waals surface area contributed by atoms with Crippen LogP contribution in [0, 0.1) is 0 Å². The third-order valence-electron chi connectivity index (χ3n) is 6.62. The summed E-state index contributed by atoms with van der Waals surface area (Å²) in [5.74, 6) is 0.0704. The molecule has 0 atom stereocenters. The lowest BCUT2D eigenvalue weighted by Gasteiger charge is -2.29. The number of ether oxygens (including phenoxy) is 1. The van der Waals surface area contributed by atoms with Crippen molar-refractivity contribution in [1.29, 1.82) is 0 Å². The number of amides is 3. The van der Waals surface area contributed by atoms with Gasteiger partial charge < -0.3 is 21.1 Å². The molecule has 5 rings (SSSR count). The van der Waals surface area contributed by atoms with Crippen molar-refractivity contribution in [1.82, 2.24) is 9.21 Å². The Balaban J connectivity index is 1.27. The minimum absolute atomic E-state index is 0.0211. The molecule has 0 bridgehead atoms. The molecule has 3 aromatic rings. The molecule has 1 fully saturated rings. The van der Waals surface area contributed by atoms with E-state index in [0.717, 1.165) is 23.9 Å². The number of benzene rings is 3. The van der Waals surface area contributed by atoms with Crippen molar-refractivity contribution in [3.63, 3.8) is 0 Å². The highest BCUT2D eigenvalue weighted by Crippen LogP contribution is 2.34. The smallest absolute Gasteiger partial charge is 0.336 e. The number of nitrogens with one attached hydrogen (secondary N) is 2. The Bertz CT molecular complexity index is 1450. The van der Waals surface area contributed by atoms with Crippen LogP contribution < -0.4 is 21.1 Å². The van der Waals surface area contributed by atoms with Crippen LogP contribution in [0.25, 0.3) is 0 Å². The first kappa shape index (κ1) is 25.6. The number of carbonyl (C=O) groups is 2. The Hall–Kier alpha value is -4.09. The van der Waals surface area contributed by atoms with E-state index in [0.29, 0.717) is 34.9 Å². The quantitative estimate of drug-likeness (QED) is 0.374. The summed E-state index contributed by atoms with van der Waals surface area (Å²) >= 11 is 0. The van der Waals surface area contributed by atoms with Crippen molar-refractivity contribution in [2.45, 2.75) is 24.3 Å². The predicted molar refractivity (Wildman–Crippen MR) is 145 cm³/mol. The molecule has 2 heterocycles. The number of likely N-dealkylation sites (tertiary alicyclic amines) is 1. The van der Waals surface area contributed by atoms with Gasteiger partial charge in [0, 0.05) is 18.2 Å². The summed E-state index contributed by atoms with van der Waals surface area (Å²) in [6, 6.07) is 17.2. The number of hydrogen-bond donors (Lipinski definition) is 3. The number of anilines is 3. The van der Waals surface area contributed by atoms with E-state index in [2.05, 4.69) is 15.5 Å². The summed E-state index contributed by atoms with van der Waals surface area (Å²) in [6.45, 7) is 3.14. The summed E-state index contributed by atoms with van der Waals surface area (Å²) < 4.78 is 33.4. The van der Waals surface area contributed by atoms with Gasteiger partial charge in [-0.1, -0.05) is 24.3 Å². The fraction of sp³-hybridized carbons (Fsp3) is 0.259. The highest BCUT2D eigenvalue weighted by atomic mass is 32.2. The summed E-state index contributed by atoms with van der Waals surface area (Å²) in [5, 5.41) is 5.39. The first-order valence-electron chi connectivity index (χ1n) is 12.4. The van der Waals surface area contributed by atoms with Gasteiger partial charge in [0.15, 0.2) is 0 Å². The van der Waals surface area contributed by atoms with Crippen LogP contribution in [0.2, 0.25) is 0 Å². The molecule has 1 saturated heterocycles. The molecule has 0 radical (unpaired) electrons. The highest BCUT2D eigenvalue weighted by molar-refractivity contribution is 7.90. The Kier molecular flexibility index (Phi) is 7.21. The van der Waals surface area contributed by atoms with Gasteiger partial charge in [-0.3, -0.25) is 9.69 Å². The molecule has 38 heavy (non-hydrogen) atoms. The van der Waals surface area contributed by atoms with Crippen molar-refractivity contribution in [2.75, 3.05) is 42.6 Å². The Morgan fingerprint density at radius 2 is 1.76 bits per heavy atom.